The van der Waals surface area contributed by atoms with Crippen LogP contribution in [0.25, 0.3) is 0 Å². The highest BCUT2D eigenvalue weighted by molar-refractivity contribution is 7.89. The summed E-state index contributed by atoms with van der Waals surface area (Å²) in [5.41, 5.74) is 0.230. The Bertz CT molecular complexity index is 707. The number of methoxy groups -OCH3 is 1. The maximum absolute atomic E-state index is 12.6. The molecule has 1 aliphatic heterocycles. The molecule has 2 fully saturated rings. The Morgan fingerprint density at radius 3 is 2.40 bits per heavy atom. The number of hydrogen-bond acceptors (Lipinski definition) is 6. The second-order valence-corrected chi connectivity index (χ2v) is 8.28. The van der Waals surface area contributed by atoms with Crippen LogP contribution in [-0.2, 0) is 19.5 Å². The van der Waals surface area contributed by atoms with E-state index in [0.717, 1.165) is 32.4 Å². The molecule has 0 aromatic heterocycles. The normalized spacial score (nSPS) is 20.7. The molecule has 7 nitrogen and oxygen atoms in total. The van der Waals surface area contributed by atoms with E-state index >= 15 is 0 Å². The second kappa shape index (κ2) is 7.41. The smallest absolute Gasteiger partial charge is 0.337 e. The van der Waals surface area contributed by atoms with Crippen molar-refractivity contribution in [1.29, 1.82) is 0 Å². The largest absolute Gasteiger partial charge is 0.465 e. The van der Waals surface area contributed by atoms with Gasteiger partial charge in [0.15, 0.2) is 0 Å². The molecule has 1 heterocycles. The van der Waals surface area contributed by atoms with E-state index in [-0.39, 0.29) is 10.4 Å². The van der Waals surface area contributed by atoms with E-state index in [1.54, 1.807) is 0 Å². The van der Waals surface area contributed by atoms with Crippen LogP contribution in [0.4, 0.5) is 0 Å². The summed E-state index contributed by atoms with van der Waals surface area (Å²) < 4.78 is 37.9. The van der Waals surface area contributed by atoms with Gasteiger partial charge in [-0.05, 0) is 43.5 Å². The van der Waals surface area contributed by atoms with Crippen LogP contribution < -0.4 is 4.72 Å². The Morgan fingerprint density at radius 2 is 1.88 bits per heavy atom. The van der Waals surface area contributed by atoms with Gasteiger partial charge in [0.2, 0.25) is 10.0 Å². The highest BCUT2D eigenvalue weighted by atomic mass is 32.2. The minimum absolute atomic E-state index is 0.0944. The number of carbonyl (C=O) groups is 1. The summed E-state index contributed by atoms with van der Waals surface area (Å²) in [6.45, 7) is 3.48. The van der Waals surface area contributed by atoms with Crippen molar-refractivity contribution in [1.82, 2.24) is 9.62 Å². The number of nitrogens with one attached hydrogen (secondary N) is 1. The number of sulfonamides is 1. The third kappa shape index (κ3) is 3.87. The van der Waals surface area contributed by atoms with E-state index in [2.05, 4.69) is 14.4 Å². The van der Waals surface area contributed by atoms with E-state index in [1.807, 2.05) is 0 Å². The first-order chi connectivity index (χ1) is 12.0. The van der Waals surface area contributed by atoms with Gasteiger partial charge in [-0.3, -0.25) is 4.90 Å². The number of esters is 1. The fourth-order valence-electron chi connectivity index (χ4n) is 3.43. The van der Waals surface area contributed by atoms with Crippen molar-refractivity contribution in [2.75, 3.05) is 40.0 Å². The molecule has 8 heteroatoms. The van der Waals surface area contributed by atoms with Crippen molar-refractivity contribution in [3.05, 3.63) is 29.8 Å². The summed E-state index contributed by atoms with van der Waals surface area (Å²) >= 11 is 0. The average molecular weight is 368 g/mol. The maximum Gasteiger partial charge on any atom is 0.337 e. The molecular weight excluding hydrogens is 344 g/mol. The molecule has 0 atom stereocenters. The standard InChI is InChI=1S/C17H24N2O5S/c1-23-16(20)14-3-5-15(6-4-14)25(21,22)18-13-17(7-2-8-17)19-9-11-24-12-10-19/h3-6,18H,2,7-13H2,1H3. The van der Waals surface area contributed by atoms with E-state index in [9.17, 15) is 13.2 Å². The number of rotatable bonds is 6. The Balaban J connectivity index is 1.67. The zero-order valence-corrected chi connectivity index (χ0v) is 15.2. The van der Waals surface area contributed by atoms with Crippen molar-refractivity contribution < 1.29 is 22.7 Å². The summed E-state index contributed by atoms with van der Waals surface area (Å²) in [6.07, 6.45) is 3.11. The first-order valence-corrected chi connectivity index (χ1v) is 9.96. The molecule has 1 N–H and O–H groups in total. The zero-order valence-electron chi connectivity index (χ0n) is 14.4. The summed E-state index contributed by atoms with van der Waals surface area (Å²) in [6, 6.07) is 5.77. The van der Waals surface area contributed by atoms with Crippen molar-refractivity contribution in [3.8, 4) is 0 Å². The Kier molecular flexibility index (Phi) is 5.43. The highest BCUT2D eigenvalue weighted by Gasteiger charge is 2.43. The number of nitrogens with zero attached hydrogens (tertiary/aromatic N) is 1. The lowest BCUT2D eigenvalue weighted by atomic mass is 9.75. The fraction of sp³-hybridized carbons (Fsp3) is 0.588. The van der Waals surface area contributed by atoms with E-state index in [0.29, 0.717) is 25.3 Å². The zero-order chi connectivity index (χ0) is 17.9. The number of morpholine rings is 1. The molecule has 1 aromatic rings. The molecule has 1 aromatic carbocycles. The van der Waals surface area contributed by atoms with Gasteiger partial charge in [0, 0.05) is 25.2 Å². The van der Waals surface area contributed by atoms with E-state index < -0.39 is 16.0 Å². The van der Waals surface area contributed by atoms with Crippen LogP contribution in [0.15, 0.2) is 29.2 Å². The summed E-state index contributed by atoms with van der Waals surface area (Å²) in [5.74, 6) is -0.488. The maximum atomic E-state index is 12.6. The Morgan fingerprint density at radius 1 is 1.24 bits per heavy atom. The van der Waals surface area contributed by atoms with Crippen LogP contribution in [0.5, 0.6) is 0 Å². The van der Waals surface area contributed by atoms with Crippen LogP contribution in [0.2, 0.25) is 0 Å². The van der Waals surface area contributed by atoms with Gasteiger partial charge in [0.05, 0.1) is 30.8 Å². The van der Waals surface area contributed by atoms with E-state index in [1.165, 1.54) is 31.4 Å². The molecule has 2 aliphatic rings. The molecule has 1 saturated heterocycles. The van der Waals surface area contributed by atoms with Crippen molar-refractivity contribution in [2.45, 2.75) is 29.7 Å². The van der Waals surface area contributed by atoms with Gasteiger partial charge in [0.1, 0.15) is 0 Å². The molecule has 0 radical (unpaired) electrons. The lowest BCUT2D eigenvalue weighted by Crippen LogP contribution is -2.62. The molecule has 0 spiro atoms. The van der Waals surface area contributed by atoms with Crippen LogP contribution in [0, 0.1) is 0 Å². The molecule has 1 aliphatic carbocycles. The first-order valence-electron chi connectivity index (χ1n) is 8.48. The lowest BCUT2D eigenvalue weighted by molar-refractivity contribution is -0.0527. The van der Waals surface area contributed by atoms with Crippen LogP contribution in [0.1, 0.15) is 29.6 Å². The molecule has 25 heavy (non-hydrogen) atoms. The fourth-order valence-corrected chi connectivity index (χ4v) is 4.55. The van der Waals surface area contributed by atoms with Crippen molar-refractivity contribution in [2.24, 2.45) is 0 Å². The Hall–Kier alpha value is -1.48. The number of ether oxygens (including phenoxy) is 2. The van der Waals surface area contributed by atoms with Crippen LogP contribution >= 0.6 is 0 Å². The molecule has 3 rings (SSSR count). The van der Waals surface area contributed by atoms with E-state index in [4.69, 9.17) is 4.74 Å². The van der Waals surface area contributed by atoms with Gasteiger partial charge in [-0.25, -0.2) is 17.9 Å². The predicted molar refractivity (Wildman–Crippen MR) is 91.9 cm³/mol. The molecular formula is C17H24N2O5S. The predicted octanol–water partition coefficient (Wildman–Crippen LogP) is 1.01. The van der Waals surface area contributed by atoms with Crippen molar-refractivity contribution >= 4 is 16.0 Å². The highest BCUT2D eigenvalue weighted by Crippen LogP contribution is 2.37. The Labute approximate surface area is 148 Å². The number of hydrogen-bond donors (Lipinski definition) is 1. The molecule has 0 unspecified atom stereocenters. The monoisotopic (exact) mass is 368 g/mol. The molecule has 138 valence electrons. The van der Waals surface area contributed by atoms with Gasteiger partial charge in [-0.2, -0.15) is 0 Å². The summed E-state index contributed by atoms with van der Waals surface area (Å²) in [5, 5.41) is 0. The van der Waals surface area contributed by atoms with Gasteiger partial charge in [-0.15, -0.1) is 0 Å². The van der Waals surface area contributed by atoms with Gasteiger partial charge < -0.3 is 9.47 Å². The van der Waals surface area contributed by atoms with Gasteiger partial charge in [0.25, 0.3) is 0 Å². The topological polar surface area (TPSA) is 84.9 Å². The third-order valence-corrected chi connectivity index (χ3v) is 6.56. The molecule has 0 amide bonds. The summed E-state index contributed by atoms with van der Waals surface area (Å²) in [4.78, 5) is 13.9. The summed E-state index contributed by atoms with van der Waals surface area (Å²) in [7, 11) is -2.33. The van der Waals surface area contributed by atoms with Gasteiger partial charge in [-0.1, -0.05) is 0 Å². The number of benzene rings is 1. The van der Waals surface area contributed by atoms with Crippen molar-refractivity contribution in [3.63, 3.8) is 0 Å². The molecule has 0 bridgehead atoms. The van der Waals surface area contributed by atoms with Crippen LogP contribution in [0.3, 0.4) is 0 Å². The second-order valence-electron chi connectivity index (χ2n) is 6.52. The van der Waals surface area contributed by atoms with Gasteiger partial charge >= 0.3 is 5.97 Å². The number of carbonyl (C=O) groups excluding carboxylic acids is 1. The minimum Gasteiger partial charge on any atom is -0.465 e. The first kappa shape index (κ1) is 18.3. The minimum atomic E-state index is -3.62. The molecule has 1 saturated carbocycles. The lowest BCUT2D eigenvalue weighted by Gasteiger charge is -2.51. The quantitative estimate of drug-likeness (QED) is 0.755. The average Bonchev–Trinajstić information content (AvgIpc) is 2.61. The SMILES string of the molecule is COC(=O)c1ccc(S(=O)(=O)NCC2(N3CCOCC3)CCC2)cc1. The third-order valence-electron chi connectivity index (χ3n) is 5.14. The van der Waals surface area contributed by atoms with Crippen LogP contribution in [-0.4, -0.2) is 64.8 Å².